The molecule has 7 heteroatoms. The van der Waals surface area contributed by atoms with Crippen molar-refractivity contribution in [3.8, 4) is 0 Å². The Morgan fingerprint density at radius 3 is 2.00 bits per heavy atom. The zero-order chi connectivity index (χ0) is 15.5. The highest BCUT2D eigenvalue weighted by molar-refractivity contribution is 7.90. The van der Waals surface area contributed by atoms with Crippen molar-refractivity contribution in [2.75, 3.05) is 25.4 Å². The van der Waals surface area contributed by atoms with E-state index in [0.717, 1.165) is 8.61 Å². The highest BCUT2D eigenvalue weighted by Crippen LogP contribution is 2.18. The van der Waals surface area contributed by atoms with E-state index in [-0.39, 0.29) is 11.9 Å². The first-order valence-electron chi connectivity index (χ1n) is 6.23. The van der Waals surface area contributed by atoms with E-state index in [1.807, 2.05) is 13.8 Å². The van der Waals surface area contributed by atoms with Gasteiger partial charge in [0.15, 0.2) is 0 Å². The van der Waals surface area contributed by atoms with E-state index >= 15 is 0 Å². The number of nitrogens with zero attached hydrogens (tertiary/aromatic N) is 2. The molecule has 1 N–H and O–H groups in total. The van der Waals surface area contributed by atoms with Crippen LogP contribution in [-0.2, 0) is 10.2 Å². The number of benzene rings is 1. The normalized spacial score (nSPS) is 11.8. The van der Waals surface area contributed by atoms with E-state index in [1.54, 1.807) is 24.3 Å². The van der Waals surface area contributed by atoms with E-state index in [4.69, 9.17) is 0 Å². The zero-order valence-electron chi connectivity index (χ0n) is 12.4. The Morgan fingerprint density at radius 2 is 1.60 bits per heavy atom. The van der Waals surface area contributed by atoms with Crippen LogP contribution in [-0.4, -0.2) is 45.8 Å². The van der Waals surface area contributed by atoms with Gasteiger partial charge in [0, 0.05) is 32.7 Å². The Kier molecular flexibility index (Phi) is 5.13. The van der Waals surface area contributed by atoms with Gasteiger partial charge >= 0.3 is 10.2 Å². The highest BCUT2D eigenvalue weighted by Gasteiger charge is 2.21. The van der Waals surface area contributed by atoms with Gasteiger partial charge in [-0.25, -0.2) is 0 Å². The van der Waals surface area contributed by atoms with Gasteiger partial charge in [-0.05, 0) is 38.1 Å². The molecule has 112 valence electrons. The molecule has 0 radical (unpaired) electrons. The van der Waals surface area contributed by atoms with E-state index in [2.05, 4.69) is 5.32 Å². The van der Waals surface area contributed by atoms with Gasteiger partial charge < -0.3 is 5.32 Å². The van der Waals surface area contributed by atoms with Crippen LogP contribution in [0.3, 0.4) is 0 Å². The third-order valence-electron chi connectivity index (χ3n) is 2.72. The number of rotatable bonds is 5. The molecule has 0 aromatic heterocycles. The standard InChI is InChI=1S/C13H21N3O3S/c1-10(2)14-13(17)11-6-8-12(9-7-11)16(5)20(18,19)15(3)4/h6-10H,1-5H3,(H,14,17). The summed E-state index contributed by atoms with van der Waals surface area (Å²) in [5.74, 6) is -0.176. The Labute approximate surface area is 120 Å². The molecule has 0 bridgehead atoms. The summed E-state index contributed by atoms with van der Waals surface area (Å²) in [6, 6.07) is 6.48. The molecule has 6 nitrogen and oxygen atoms in total. The molecule has 0 spiro atoms. The second kappa shape index (κ2) is 6.23. The minimum absolute atomic E-state index is 0.0546. The van der Waals surface area contributed by atoms with E-state index < -0.39 is 10.2 Å². The molecule has 0 saturated carbocycles. The average molecular weight is 299 g/mol. The minimum atomic E-state index is -3.52. The Balaban J connectivity index is 2.95. The number of hydrogen-bond acceptors (Lipinski definition) is 3. The number of amides is 1. The lowest BCUT2D eigenvalue weighted by molar-refractivity contribution is 0.0943. The topological polar surface area (TPSA) is 69.7 Å². The molecular weight excluding hydrogens is 278 g/mol. The van der Waals surface area contributed by atoms with E-state index in [9.17, 15) is 13.2 Å². The van der Waals surface area contributed by atoms with Gasteiger partial charge in [0.2, 0.25) is 0 Å². The van der Waals surface area contributed by atoms with Crippen molar-refractivity contribution < 1.29 is 13.2 Å². The van der Waals surface area contributed by atoms with Crippen LogP contribution in [0.1, 0.15) is 24.2 Å². The molecule has 0 aliphatic rings. The first-order chi connectivity index (χ1) is 9.16. The van der Waals surface area contributed by atoms with Crippen molar-refractivity contribution in [1.82, 2.24) is 9.62 Å². The third-order valence-corrected chi connectivity index (χ3v) is 4.55. The van der Waals surface area contributed by atoms with Crippen LogP contribution < -0.4 is 9.62 Å². The lowest BCUT2D eigenvalue weighted by atomic mass is 10.2. The molecule has 1 rings (SSSR count). The maximum atomic E-state index is 12.0. The Bertz CT molecular complexity index is 565. The maximum absolute atomic E-state index is 12.0. The second-order valence-corrected chi connectivity index (χ2v) is 7.11. The molecule has 0 aliphatic heterocycles. The number of carbonyl (C=O) groups excluding carboxylic acids is 1. The van der Waals surface area contributed by atoms with Gasteiger partial charge in [0.25, 0.3) is 5.91 Å². The van der Waals surface area contributed by atoms with Crippen molar-refractivity contribution in [2.45, 2.75) is 19.9 Å². The predicted molar refractivity (Wildman–Crippen MR) is 80.1 cm³/mol. The van der Waals surface area contributed by atoms with Crippen LogP contribution in [0.15, 0.2) is 24.3 Å². The maximum Gasteiger partial charge on any atom is 0.303 e. The molecule has 0 saturated heterocycles. The fourth-order valence-electron chi connectivity index (χ4n) is 1.55. The van der Waals surface area contributed by atoms with Crippen molar-refractivity contribution in [1.29, 1.82) is 0 Å². The van der Waals surface area contributed by atoms with Gasteiger partial charge in [0.05, 0.1) is 5.69 Å². The fourth-order valence-corrected chi connectivity index (χ4v) is 2.42. The predicted octanol–water partition coefficient (Wildman–Crippen LogP) is 1.07. The third kappa shape index (κ3) is 3.71. The summed E-state index contributed by atoms with van der Waals surface area (Å²) in [6.45, 7) is 3.76. The summed E-state index contributed by atoms with van der Waals surface area (Å²) < 4.78 is 26.2. The van der Waals surface area contributed by atoms with Crippen molar-refractivity contribution >= 4 is 21.8 Å². The number of nitrogens with one attached hydrogen (secondary N) is 1. The first kappa shape index (κ1) is 16.5. The molecule has 20 heavy (non-hydrogen) atoms. The minimum Gasteiger partial charge on any atom is -0.350 e. The number of carbonyl (C=O) groups is 1. The zero-order valence-corrected chi connectivity index (χ0v) is 13.2. The summed E-state index contributed by atoms with van der Waals surface area (Å²) in [5, 5.41) is 2.78. The Morgan fingerprint density at radius 1 is 1.10 bits per heavy atom. The summed E-state index contributed by atoms with van der Waals surface area (Å²) in [5.41, 5.74) is 0.998. The molecule has 0 unspecified atom stereocenters. The van der Waals surface area contributed by atoms with E-state index in [0.29, 0.717) is 11.3 Å². The quantitative estimate of drug-likeness (QED) is 0.884. The number of hydrogen-bond donors (Lipinski definition) is 1. The van der Waals surface area contributed by atoms with Crippen molar-refractivity contribution in [3.05, 3.63) is 29.8 Å². The highest BCUT2D eigenvalue weighted by atomic mass is 32.2. The number of anilines is 1. The molecular formula is C13H21N3O3S. The fraction of sp³-hybridized carbons (Fsp3) is 0.462. The van der Waals surface area contributed by atoms with Crippen LogP contribution in [0.25, 0.3) is 0 Å². The molecule has 0 heterocycles. The van der Waals surface area contributed by atoms with Crippen molar-refractivity contribution in [3.63, 3.8) is 0 Å². The van der Waals surface area contributed by atoms with Gasteiger partial charge in [0.1, 0.15) is 0 Å². The van der Waals surface area contributed by atoms with Gasteiger partial charge in [-0.1, -0.05) is 0 Å². The summed E-state index contributed by atoms with van der Waals surface area (Å²) in [7, 11) is 0.892. The molecule has 0 fully saturated rings. The lowest BCUT2D eigenvalue weighted by Gasteiger charge is -2.23. The van der Waals surface area contributed by atoms with Crippen molar-refractivity contribution in [2.24, 2.45) is 0 Å². The smallest absolute Gasteiger partial charge is 0.303 e. The van der Waals surface area contributed by atoms with Crippen LogP contribution in [0.5, 0.6) is 0 Å². The SMILES string of the molecule is CC(C)NC(=O)c1ccc(N(C)S(=O)(=O)N(C)C)cc1. The van der Waals surface area contributed by atoms with Gasteiger partial charge in [-0.15, -0.1) is 0 Å². The van der Waals surface area contributed by atoms with Crippen LogP contribution in [0.4, 0.5) is 5.69 Å². The van der Waals surface area contributed by atoms with E-state index in [1.165, 1.54) is 21.1 Å². The summed E-state index contributed by atoms with van der Waals surface area (Å²) in [4.78, 5) is 11.8. The van der Waals surface area contributed by atoms with Crippen LogP contribution in [0.2, 0.25) is 0 Å². The van der Waals surface area contributed by atoms with Crippen LogP contribution >= 0.6 is 0 Å². The first-order valence-corrected chi connectivity index (χ1v) is 7.63. The molecule has 0 aliphatic carbocycles. The summed E-state index contributed by atoms with van der Waals surface area (Å²) >= 11 is 0. The molecule has 0 atom stereocenters. The molecule has 1 aromatic carbocycles. The van der Waals surface area contributed by atoms with Crippen LogP contribution in [0, 0.1) is 0 Å². The second-order valence-electron chi connectivity index (χ2n) is 4.93. The average Bonchev–Trinajstić information content (AvgIpc) is 2.37. The van der Waals surface area contributed by atoms with Gasteiger partial charge in [-0.2, -0.15) is 12.7 Å². The monoisotopic (exact) mass is 299 g/mol. The molecule has 1 aromatic rings. The summed E-state index contributed by atoms with van der Waals surface area (Å²) in [6.07, 6.45) is 0. The molecule has 1 amide bonds. The van der Waals surface area contributed by atoms with Gasteiger partial charge in [-0.3, -0.25) is 9.10 Å². The largest absolute Gasteiger partial charge is 0.350 e. The lowest BCUT2D eigenvalue weighted by Crippen LogP contribution is -2.37. The Hall–Kier alpha value is -1.60.